The number of amides is 6. The maximum atomic E-state index is 13.3. The summed E-state index contributed by atoms with van der Waals surface area (Å²) in [5, 5.41) is 9.45. The van der Waals surface area contributed by atoms with Crippen molar-refractivity contribution in [1.29, 1.82) is 0 Å². The van der Waals surface area contributed by atoms with Crippen LogP contribution in [0.4, 0.5) is 19.2 Å². The Morgan fingerprint density at radius 1 is 0.685 bits per heavy atom. The zero-order valence-electron chi connectivity index (χ0n) is 34.4. The third-order valence-electron chi connectivity index (χ3n) is 9.09. The Labute approximate surface area is 327 Å². The molecule has 6 amide bonds. The van der Waals surface area contributed by atoms with Crippen molar-refractivity contribution < 1.29 is 38.2 Å². The molecule has 0 bridgehead atoms. The third kappa shape index (κ3) is 17.1. The van der Waals surface area contributed by atoms with Crippen molar-refractivity contribution in [3.8, 4) is 0 Å². The Kier molecular flexibility index (Phi) is 17.3. The van der Waals surface area contributed by atoms with Gasteiger partial charge in [0, 0.05) is 69.8 Å². The number of nitrogens with zero attached hydrogens (tertiary/aromatic N) is 4. The number of carbonyl (C=O) groups is 5. The lowest BCUT2D eigenvalue weighted by molar-refractivity contribution is -0.121. The predicted octanol–water partition coefficient (Wildman–Crippen LogP) is 5.03. The lowest BCUT2D eigenvalue weighted by Gasteiger charge is -2.34. The molecule has 3 saturated heterocycles. The van der Waals surface area contributed by atoms with E-state index in [1.54, 1.807) is 14.7 Å². The van der Waals surface area contributed by atoms with Crippen molar-refractivity contribution in [2.45, 2.75) is 141 Å². The highest BCUT2D eigenvalue weighted by Crippen LogP contribution is 2.33. The van der Waals surface area contributed by atoms with Gasteiger partial charge in [-0.3, -0.25) is 4.79 Å². The number of fused-ring (bicyclic) bond motifs is 1. The fourth-order valence-electron chi connectivity index (χ4n) is 6.53. The predicted molar refractivity (Wildman–Crippen MR) is 211 cm³/mol. The summed E-state index contributed by atoms with van der Waals surface area (Å²) in [4.78, 5) is 71.4. The molecule has 0 aromatic rings. The van der Waals surface area contributed by atoms with E-state index in [1.165, 1.54) is 0 Å². The first kappa shape index (κ1) is 45.3. The van der Waals surface area contributed by atoms with Gasteiger partial charge >= 0.3 is 24.3 Å². The van der Waals surface area contributed by atoms with Crippen LogP contribution in [0.3, 0.4) is 0 Å². The van der Waals surface area contributed by atoms with Crippen LogP contribution in [-0.4, -0.2) is 155 Å². The second-order valence-electron chi connectivity index (χ2n) is 17.5. The van der Waals surface area contributed by atoms with Crippen molar-refractivity contribution in [1.82, 2.24) is 35.6 Å². The van der Waals surface area contributed by atoms with Crippen molar-refractivity contribution in [3.63, 3.8) is 0 Å². The molecule has 3 N–H and O–H groups in total. The average molecular weight is 784 g/mol. The molecule has 15 nitrogen and oxygen atoms in total. The quantitative estimate of drug-likeness (QED) is 0.165. The van der Waals surface area contributed by atoms with Crippen LogP contribution in [0.1, 0.15) is 107 Å². The summed E-state index contributed by atoms with van der Waals surface area (Å²) in [7, 11) is 0. The first-order valence-corrected chi connectivity index (χ1v) is 20.9. The molecule has 0 unspecified atom stereocenters. The van der Waals surface area contributed by atoms with Gasteiger partial charge in [0.25, 0.3) is 0 Å². The lowest BCUT2D eigenvalue weighted by Crippen LogP contribution is -2.47. The number of unbranched alkanes of at least 4 members (excludes halogenated alkanes) is 1. The topological polar surface area (TPSA) is 162 Å². The molecule has 3 atom stereocenters. The first-order chi connectivity index (χ1) is 25.2. The minimum atomic E-state index is -0.691. The normalized spacial score (nSPS) is 22.4. The van der Waals surface area contributed by atoms with Gasteiger partial charge in [-0.05, 0) is 108 Å². The molecule has 310 valence electrons. The summed E-state index contributed by atoms with van der Waals surface area (Å²) in [6.07, 6.45) is 3.74. The third-order valence-corrected chi connectivity index (χ3v) is 10.6. The molecular formula is C38H69N7O8S. The van der Waals surface area contributed by atoms with Crippen LogP contribution in [0.5, 0.6) is 0 Å². The van der Waals surface area contributed by atoms with Crippen LogP contribution in [0.25, 0.3) is 0 Å². The zero-order chi connectivity index (χ0) is 40.1. The SMILES string of the molecule is CC(C)(C)OC(=O)N1CCCN(C(=O)OC(C)(C)C)CCN(C(=O)OC(C)(C)C)CCCN(CCCNC(=O)CCCC[C@@H]2SC[C@@H]3NC(=O)N[C@@H]32)CC1. The molecule has 0 radical (unpaired) electrons. The summed E-state index contributed by atoms with van der Waals surface area (Å²) in [6, 6.07) is 0.314. The van der Waals surface area contributed by atoms with Gasteiger partial charge in [0.2, 0.25) is 5.91 Å². The van der Waals surface area contributed by atoms with Gasteiger partial charge in [0.15, 0.2) is 0 Å². The van der Waals surface area contributed by atoms with Gasteiger partial charge in [0.1, 0.15) is 16.8 Å². The molecule has 0 aliphatic carbocycles. The van der Waals surface area contributed by atoms with E-state index < -0.39 is 35.1 Å². The van der Waals surface area contributed by atoms with Gasteiger partial charge in [-0.2, -0.15) is 11.8 Å². The van der Waals surface area contributed by atoms with E-state index >= 15 is 0 Å². The molecular weight excluding hydrogens is 715 g/mol. The van der Waals surface area contributed by atoms with E-state index in [0.29, 0.717) is 76.9 Å². The summed E-state index contributed by atoms with van der Waals surface area (Å²) in [5.74, 6) is 0.967. The van der Waals surface area contributed by atoms with Crippen molar-refractivity contribution in [2.75, 3.05) is 71.2 Å². The highest BCUT2D eigenvalue weighted by molar-refractivity contribution is 8.00. The summed E-state index contributed by atoms with van der Waals surface area (Å²) in [6.45, 7) is 21.0. The Bertz CT molecular complexity index is 1250. The molecule has 0 aromatic carbocycles. The van der Waals surface area contributed by atoms with Gasteiger partial charge in [-0.1, -0.05) is 6.42 Å². The van der Waals surface area contributed by atoms with Gasteiger partial charge in [-0.15, -0.1) is 0 Å². The number of hydrogen-bond donors (Lipinski definition) is 3. The van der Waals surface area contributed by atoms with Crippen LogP contribution in [-0.2, 0) is 19.0 Å². The number of carbonyl (C=O) groups excluding carboxylic acids is 5. The molecule has 0 saturated carbocycles. The molecule has 3 aliphatic heterocycles. The van der Waals surface area contributed by atoms with Crippen molar-refractivity contribution >= 4 is 42.0 Å². The summed E-state index contributed by atoms with van der Waals surface area (Å²) in [5.41, 5.74) is -2.03. The van der Waals surface area contributed by atoms with Crippen LogP contribution >= 0.6 is 11.8 Å². The first-order valence-electron chi connectivity index (χ1n) is 19.8. The number of rotatable bonds is 9. The smallest absolute Gasteiger partial charge is 0.410 e. The van der Waals surface area contributed by atoms with Crippen LogP contribution in [0.15, 0.2) is 0 Å². The zero-order valence-corrected chi connectivity index (χ0v) is 35.2. The van der Waals surface area contributed by atoms with E-state index in [0.717, 1.165) is 31.4 Å². The van der Waals surface area contributed by atoms with Gasteiger partial charge in [-0.25, -0.2) is 19.2 Å². The van der Waals surface area contributed by atoms with E-state index in [4.69, 9.17) is 14.2 Å². The molecule has 0 spiro atoms. The standard InChI is InChI=1S/C38H69N7O8S/c1-36(2,3)51-33(48)43-21-14-22-45(35(50)53-38(7,8)9)26-25-44(34(49)52-37(4,5)6)20-13-19-42(23-24-43)18-12-17-39-30(46)16-11-10-15-29-31-28(27-54-29)40-32(47)41-31/h28-29,31H,10-27H2,1-9H3,(H,39,46)(H2,40,41,47)/t28-,29-,31-/m0/s1. The van der Waals surface area contributed by atoms with Crippen LogP contribution in [0, 0.1) is 0 Å². The average Bonchev–Trinajstić information content (AvgIpc) is 3.58. The Morgan fingerprint density at radius 3 is 1.70 bits per heavy atom. The number of urea groups is 1. The van der Waals surface area contributed by atoms with E-state index in [2.05, 4.69) is 20.9 Å². The second kappa shape index (κ2) is 20.7. The van der Waals surface area contributed by atoms with Crippen LogP contribution < -0.4 is 16.0 Å². The van der Waals surface area contributed by atoms with Crippen molar-refractivity contribution in [3.05, 3.63) is 0 Å². The Hall–Kier alpha value is -3.14. The van der Waals surface area contributed by atoms with Crippen LogP contribution in [0.2, 0.25) is 0 Å². The molecule has 16 heteroatoms. The summed E-state index contributed by atoms with van der Waals surface area (Å²) >= 11 is 1.89. The fraction of sp³-hybridized carbons (Fsp3) is 0.868. The Morgan fingerprint density at radius 2 is 1.19 bits per heavy atom. The number of ether oxygens (including phenoxy) is 3. The van der Waals surface area contributed by atoms with E-state index in [-0.39, 0.29) is 37.1 Å². The monoisotopic (exact) mass is 783 g/mol. The number of thioether (sulfide) groups is 1. The molecule has 3 rings (SSSR count). The number of hydrogen-bond acceptors (Lipinski definition) is 10. The highest BCUT2D eigenvalue weighted by Gasteiger charge is 2.42. The summed E-state index contributed by atoms with van der Waals surface area (Å²) < 4.78 is 17.2. The maximum Gasteiger partial charge on any atom is 0.410 e. The second-order valence-corrected chi connectivity index (χ2v) is 18.8. The Balaban J connectivity index is 1.59. The largest absolute Gasteiger partial charge is 0.444 e. The van der Waals surface area contributed by atoms with E-state index in [9.17, 15) is 24.0 Å². The fourth-order valence-corrected chi connectivity index (χ4v) is 8.08. The minimum absolute atomic E-state index is 0.0355. The number of nitrogens with one attached hydrogen (secondary N) is 3. The van der Waals surface area contributed by atoms with Gasteiger partial charge in [0.05, 0.1) is 12.1 Å². The molecule has 3 heterocycles. The molecule has 3 fully saturated rings. The maximum absolute atomic E-state index is 13.3. The minimum Gasteiger partial charge on any atom is -0.444 e. The van der Waals surface area contributed by atoms with Gasteiger partial charge < -0.3 is 49.8 Å². The van der Waals surface area contributed by atoms with Crippen molar-refractivity contribution in [2.24, 2.45) is 0 Å². The molecule has 54 heavy (non-hydrogen) atoms. The molecule has 0 aromatic heterocycles. The molecule has 3 aliphatic rings. The lowest BCUT2D eigenvalue weighted by atomic mass is 10.0. The highest BCUT2D eigenvalue weighted by atomic mass is 32.2. The van der Waals surface area contributed by atoms with E-state index in [1.807, 2.05) is 74.1 Å².